The van der Waals surface area contributed by atoms with Crippen LogP contribution in [0.1, 0.15) is 38.2 Å². The van der Waals surface area contributed by atoms with Crippen molar-refractivity contribution in [3.05, 3.63) is 35.9 Å². The second-order valence-corrected chi connectivity index (χ2v) is 5.09. The van der Waals surface area contributed by atoms with Gasteiger partial charge in [-0.25, -0.2) is 0 Å². The summed E-state index contributed by atoms with van der Waals surface area (Å²) in [6, 6.07) is 9.22. The summed E-state index contributed by atoms with van der Waals surface area (Å²) >= 11 is 0. The van der Waals surface area contributed by atoms with Gasteiger partial charge >= 0.3 is 5.97 Å². The Morgan fingerprint density at radius 2 is 1.91 bits per heavy atom. The number of aliphatic hydroxyl groups is 1. The molecule has 5 heteroatoms. The summed E-state index contributed by atoms with van der Waals surface area (Å²) in [6.07, 6.45) is 1.30. The van der Waals surface area contributed by atoms with Crippen molar-refractivity contribution in [2.45, 2.75) is 45.3 Å². The molecule has 0 saturated carbocycles. The van der Waals surface area contributed by atoms with E-state index in [4.69, 9.17) is 9.47 Å². The number of hydrogen-bond acceptors (Lipinski definition) is 5. The van der Waals surface area contributed by atoms with Crippen LogP contribution in [-0.4, -0.2) is 36.2 Å². The minimum atomic E-state index is -1.37. The average molecular weight is 308 g/mol. The Hall–Kier alpha value is -1.72. The molecule has 0 aromatic heterocycles. The minimum Gasteiger partial charge on any atom is -0.461 e. The second kappa shape index (κ2) is 10.9. The average Bonchev–Trinajstić information content (AvgIpc) is 2.53. The topological polar surface area (TPSA) is 72.8 Å². The SMILES string of the molecule is CCCCCOCC(=O)[C@@H](O)CC(=O)OCc1ccccc1. The molecule has 122 valence electrons. The van der Waals surface area contributed by atoms with Gasteiger partial charge in [0, 0.05) is 6.61 Å². The molecule has 0 fully saturated rings. The van der Waals surface area contributed by atoms with Crippen molar-refractivity contribution >= 4 is 11.8 Å². The number of hydrogen-bond donors (Lipinski definition) is 1. The quantitative estimate of drug-likeness (QED) is 0.501. The molecular weight excluding hydrogens is 284 g/mol. The normalized spacial score (nSPS) is 11.9. The number of unbranched alkanes of at least 4 members (excludes halogenated alkanes) is 2. The van der Waals surface area contributed by atoms with Gasteiger partial charge in [0.1, 0.15) is 19.3 Å². The van der Waals surface area contributed by atoms with Crippen molar-refractivity contribution in [1.82, 2.24) is 0 Å². The van der Waals surface area contributed by atoms with Crippen LogP contribution in [0, 0.1) is 0 Å². The number of rotatable bonds is 11. The van der Waals surface area contributed by atoms with E-state index >= 15 is 0 Å². The van der Waals surface area contributed by atoms with E-state index < -0.39 is 17.9 Å². The predicted octanol–water partition coefficient (Wildman–Crippen LogP) is 2.26. The van der Waals surface area contributed by atoms with Crippen molar-refractivity contribution in [2.75, 3.05) is 13.2 Å². The van der Waals surface area contributed by atoms with E-state index in [0.29, 0.717) is 6.61 Å². The van der Waals surface area contributed by atoms with Gasteiger partial charge in [-0.2, -0.15) is 0 Å². The minimum absolute atomic E-state index is 0.133. The van der Waals surface area contributed by atoms with E-state index in [0.717, 1.165) is 24.8 Å². The molecule has 1 rings (SSSR count). The third kappa shape index (κ3) is 7.90. The molecule has 1 aromatic rings. The lowest BCUT2D eigenvalue weighted by molar-refractivity contribution is -0.150. The zero-order valence-electron chi connectivity index (χ0n) is 13.0. The summed E-state index contributed by atoms with van der Waals surface area (Å²) in [5.74, 6) is -1.09. The van der Waals surface area contributed by atoms with Gasteiger partial charge in [0.05, 0.1) is 6.42 Å². The number of aliphatic hydroxyl groups excluding tert-OH is 1. The van der Waals surface area contributed by atoms with Gasteiger partial charge < -0.3 is 14.6 Å². The molecule has 1 aromatic carbocycles. The van der Waals surface area contributed by atoms with Crippen LogP contribution in [0.3, 0.4) is 0 Å². The van der Waals surface area contributed by atoms with E-state index in [1.165, 1.54) is 0 Å². The first-order chi connectivity index (χ1) is 10.6. The summed E-state index contributed by atoms with van der Waals surface area (Å²) in [5, 5.41) is 9.66. The van der Waals surface area contributed by atoms with E-state index in [2.05, 4.69) is 6.92 Å². The summed E-state index contributed by atoms with van der Waals surface area (Å²) in [5.41, 5.74) is 0.857. The molecule has 0 heterocycles. The van der Waals surface area contributed by atoms with Crippen LogP contribution >= 0.6 is 0 Å². The zero-order valence-corrected chi connectivity index (χ0v) is 13.0. The third-order valence-electron chi connectivity index (χ3n) is 3.11. The molecule has 0 amide bonds. The maximum Gasteiger partial charge on any atom is 0.309 e. The number of ether oxygens (including phenoxy) is 2. The summed E-state index contributed by atoms with van der Waals surface area (Å²) in [6.45, 7) is 2.53. The summed E-state index contributed by atoms with van der Waals surface area (Å²) in [7, 11) is 0. The number of Topliss-reactive ketones (excluding diaryl/α,β-unsaturated/α-hetero) is 1. The fourth-order valence-electron chi connectivity index (χ4n) is 1.79. The highest BCUT2D eigenvalue weighted by molar-refractivity contribution is 5.88. The highest BCUT2D eigenvalue weighted by Gasteiger charge is 2.19. The van der Waals surface area contributed by atoms with Crippen LogP contribution in [-0.2, 0) is 25.7 Å². The maximum absolute atomic E-state index is 11.6. The maximum atomic E-state index is 11.6. The van der Waals surface area contributed by atoms with Gasteiger partial charge in [-0.1, -0.05) is 50.1 Å². The third-order valence-corrected chi connectivity index (χ3v) is 3.11. The number of ketones is 1. The molecule has 0 aliphatic carbocycles. The number of carbonyl (C=O) groups is 2. The molecule has 1 atom stereocenters. The fourth-order valence-corrected chi connectivity index (χ4v) is 1.79. The van der Waals surface area contributed by atoms with E-state index in [9.17, 15) is 14.7 Å². The van der Waals surface area contributed by atoms with Gasteiger partial charge in [-0.3, -0.25) is 9.59 Å². The molecule has 0 aliphatic heterocycles. The Morgan fingerprint density at radius 1 is 1.18 bits per heavy atom. The smallest absolute Gasteiger partial charge is 0.309 e. The monoisotopic (exact) mass is 308 g/mol. The second-order valence-electron chi connectivity index (χ2n) is 5.09. The van der Waals surface area contributed by atoms with Gasteiger partial charge in [-0.05, 0) is 12.0 Å². The van der Waals surface area contributed by atoms with Crippen LogP contribution < -0.4 is 0 Å². The zero-order chi connectivity index (χ0) is 16.2. The first-order valence-corrected chi connectivity index (χ1v) is 7.61. The Kier molecular flexibility index (Phi) is 9.11. The molecule has 0 radical (unpaired) electrons. The number of benzene rings is 1. The lowest BCUT2D eigenvalue weighted by Crippen LogP contribution is -2.28. The molecule has 22 heavy (non-hydrogen) atoms. The van der Waals surface area contributed by atoms with E-state index in [1.807, 2.05) is 30.3 Å². The first-order valence-electron chi connectivity index (χ1n) is 7.61. The van der Waals surface area contributed by atoms with Crippen LogP contribution in [0.25, 0.3) is 0 Å². The molecule has 5 nitrogen and oxygen atoms in total. The van der Waals surface area contributed by atoms with Gasteiger partial charge in [0.2, 0.25) is 0 Å². The van der Waals surface area contributed by atoms with Crippen LogP contribution in [0.15, 0.2) is 30.3 Å². The molecule has 0 bridgehead atoms. The van der Waals surface area contributed by atoms with Gasteiger partial charge in [0.25, 0.3) is 0 Å². The largest absolute Gasteiger partial charge is 0.461 e. The van der Waals surface area contributed by atoms with Crippen molar-refractivity contribution < 1.29 is 24.2 Å². The summed E-state index contributed by atoms with van der Waals surface area (Å²) in [4.78, 5) is 23.2. The number of esters is 1. The summed E-state index contributed by atoms with van der Waals surface area (Å²) < 4.78 is 10.2. The van der Waals surface area contributed by atoms with Crippen LogP contribution in [0.4, 0.5) is 0 Å². The van der Waals surface area contributed by atoms with Crippen LogP contribution in [0.5, 0.6) is 0 Å². The van der Waals surface area contributed by atoms with Gasteiger partial charge in [-0.15, -0.1) is 0 Å². The lowest BCUT2D eigenvalue weighted by atomic mass is 10.2. The highest BCUT2D eigenvalue weighted by Crippen LogP contribution is 2.04. The van der Waals surface area contributed by atoms with Crippen molar-refractivity contribution in [1.29, 1.82) is 0 Å². The molecule has 0 saturated heterocycles. The molecule has 0 aliphatic rings. The Bertz CT molecular complexity index is 444. The Morgan fingerprint density at radius 3 is 2.59 bits per heavy atom. The molecular formula is C17H24O5. The first kappa shape index (κ1) is 18.3. The Balaban J connectivity index is 2.18. The molecule has 1 N–H and O–H groups in total. The standard InChI is InChI=1S/C17H24O5/c1-2-3-7-10-21-13-16(19)15(18)11-17(20)22-12-14-8-5-4-6-9-14/h4-6,8-9,15,18H,2-3,7,10-13H2,1H3/t15-/m0/s1. The van der Waals surface area contributed by atoms with Gasteiger partial charge in [0.15, 0.2) is 5.78 Å². The van der Waals surface area contributed by atoms with Crippen molar-refractivity contribution in [3.8, 4) is 0 Å². The molecule has 0 spiro atoms. The predicted molar refractivity (Wildman–Crippen MR) is 82.2 cm³/mol. The van der Waals surface area contributed by atoms with Crippen LogP contribution in [0.2, 0.25) is 0 Å². The van der Waals surface area contributed by atoms with Crippen molar-refractivity contribution in [3.63, 3.8) is 0 Å². The van der Waals surface area contributed by atoms with E-state index in [-0.39, 0.29) is 19.6 Å². The lowest BCUT2D eigenvalue weighted by Gasteiger charge is -2.10. The fraction of sp³-hybridized carbons (Fsp3) is 0.529. The Labute approximate surface area is 131 Å². The highest BCUT2D eigenvalue weighted by atomic mass is 16.5. The van der Waals surface area contributed by atoms with E-state index in [1.54, 1.807) is 0 Å². The molecule has 0 unspecified atom stereocenters. The number of carbonyl (C=O) groups excluding carboxylic acids is 2. The van der Waals surface area contributed by atoms with Crippen molar-refractivity contribution in [2.24, 2.45) is 0 Å².